The number of carbonyl (C=O) groups excluding carboxylic acids is 6. The first kappa shape index (κ1) is 86.1. The van der Waals surface area contributed by atoms with Crippen LogP contribution in [0.15, 0.2) is 193 Å². The molecule has 0 saturated heterocycles. The third kappa shape index (κ3) is 28.8. The van der Waals surface area contributed by atoms with E-state index in [2.05, 4.69) is 92.5 Å². The zero-order valence-corrected chi connectivity index (χ0v) is 65.7. The summed E-state index contributed by atoms with van der Waals surface area (Å²) < 4.78 is 30.8. The number of aliphatic hydroxyl groups excluding tert-OH is 2. The van der Waals surface area contributed by atoms with E-state index in [-0.39, 0.29) is 98.4 Å². The summed E-state index contributed by atoms with van der Waals surface area (Å²) in [5.41, 5.74) is 2.55. The number of nitrogens with zero attached hydrogens (tertiary/aromatic N) is 7. The van der Waals surface area contributed by atoms with Crippen LogP contribution in [0.4, 0.5) is 0 Å². The van der Waals surface area contributed by atoms with Crippen molar-refractivity contribution in [2.75, 3.05) is 45.9 Å². The number of terminal acetylenes is 1. The molecule has 0 aliphatic carbocycles. The van der Waals surface area contributed by atoms with Crippen molar-refractivity contribution in [2.45, 2.75) is 78.2 Å². The lowest BCUT2D eigenvalue weighted by molar-refractivity contribution is 0.0922. The molecule has 0 aliphatic heterocycles. The van der Waals surface area contributed by atoms with Gasteiger partial charge in [0.05, 0.1) is 42.4 Å². The molecular weight excluding hydrogens is 1540 g/mol. The molecule has 0 aliphatic rings. The molecule has 8 N–H and O–H groups in total. The normalized spacial score (nSPS) is 10.4. The Hall–Kier alpha value is -11.2. The lowest BCUT2D eigenvalue weighted by Crippen LogP contribution is -2.32. The molecule has 0 radical (unpaired) electrons. The van der Waals surface area contributed by atoms with Gasteiger partial charge in [0, 0.05) is 93.2 Å². The molecule has 0 saturated carbocycles. The van der Waals surface area contributed by atoms with Crippen molar-refractivity contribution in [1.29, 1.82) is 0 Å². The van der Waals surface area contributed by atoms with Crippen LogP contribution in [0.2, 0.25) is 0 Å². The number of carbonyl (C=O) groups is 6. The number of aliphatic hydroxyl groups is 2. The molecular formula is C76H79N13O14S7. The fourth-order valence-corrected chi connectivity index (χ4v) is 12.8. The second kappa shape index (κ2) is 48.3. The fraction of sp³-hybridized carbons (Fsp3) is 0.250. The van der Waals surface area contributed by atoms with Crippen molar-refractivity contribution >= 4 is 117 Å². The first-order valence-electron chi connectivity index (χ1n) is 34.1. The highest BCUT2D eigenvalue weighted by Crippen LogP contribution is 2.30. The zero-order valence-electron chi connectivity index (χ0n) is 59.8. The molecule has 0 unspecified atom stereocenters. The number of pyridine rings is 1. The second-order valence-corrected chi connectivity index (χ2v) is 28.3. The third-order valence-corrected chi connectivity index (χ3v) is 19.6. The fourth-order valence-electron chi connectivity index (χ4n) is 8.81. The first-order valence-corrected chi connectivity index (χ1v) is 39.3. The van der Waals surface area contributed by atoms with E-state index in [1.165, 1.54) is 45.3 Å². The van der Waals surface area contributed by atoms with Gasteiger partial charge in [-0.25, -0.2) is 0 Å². The molecule has 6 amide bonds. The quantitative estimate of drug-likeness (QED) is 0.0167. The maximum absolute atomic E-state index is 12.0. The molecule has 0 aromatic carbocycles. The van der Waals surface area contributed by atoms with Crippen molar-refractivity contribution in [3.8, 4) is 88.0 Å². The molecule has 110 heavy (non-hydrogen) atoms. The Morgan fingerprint density at radius 3 is 1.06 bits per heavy atom. The molecule has 1 atom stereocenters. The van der Waals surface area contributed by atoms with Crippen LogP contribution in [0.25, 0.3) is 63.8 Å². The number of unbranched alkanes of at least 4 members (excludes halogenated alkanes) is 3. The van der Waals surface area contributed by atoms with Crippen molar-refractivity contribution in [1.82, 2.24) is 67.8 Å². The summed E-state index contributed by atoms with van der Waals surface area (Å²) in [5, 5.41) is 67.7. The van der Waals surface area contributed by atoms with Gasteiger partial charge in [-0.05, 0) is 126 Å². The van der Waals surface area contributed by atoms with E-state index < -0.39 is 0 Å². The molecule has 13 rings (SSSR count). The van der Waals surface area contributed by atoms with Crippen LogP contribution in [0, 0.1) is 24.2 Å². The summed E-state index contributed by atoms with van der Waals surface area (Å²) >= 11 is 9.23. The van der Waals surface area contributed by atoms with Gasteiger partial charge in [0.2, 0.25) is 0 Å². The Morgan fingerprint density at radius 2 is 0.745 bits per heavy atom. The summed E-state index contributed by atoms with van der Waals surface area (Å²) in [4.78, 5) is 79.9. The number of rotatable bonds is 28. The van der Waals surface area contributed by atoms with Gasteiger partial charge < -0.3 is 69.3 Å². The second-order valence-electron chi connectivity index (χ2n) is 22.6. The number of hydrogen-bond donors (Lipinski definition) is 8. The van der Waals surface area contributed by atoms with Gasteiger partial charge in [-0.15, -0.1) is 74.4 Å². The van der Waals surface area contributed by atoms with E-state index in [1.54, 1.807) is 83.6 Å². The highest BCUT2D eigenvalue weighted by atomic mass is 32.1. The number of thiophene rings is 6. The largest absolute Gasteiger partial charge is 0.396 e. The highest BCUT2D eigenvalue weighted by Gasteiger charge is 2.20. The van der Waals surface area contributed by atoms with E-state index in [1.807, 2.05) is 119 Å². The van der Waals surface area contributed by atoms with E-state index in [4.69, 9.17) is 43.8 Å². The van der Waals surface area contributed by atoms with Crippen molar-refractivity contribution in [3.63, 3.8) is 0 Å². The Bertz CT molecular complexity index is 4870. The SMILES string of the molecule is C#CCNC(=O)c1cc(-c2cccs2)on1.CCCC[C@H](C)NC(=O)c1cc(-c2cccs2)on1.CCCNC(=O)c1cc(-c2cccs2)on1.O=C(NCC#Cc1ccncc1)c1cc(-c2cccs2)on1.O=C(NCCCCCO)c1cc(-c2cccs2)on1.O=C(NCCCO)c1cc(-c2cccs2)on1.S. The van der Waals surface area contributed by atoms with E-state index in [0.29, 0.717) is 77.7 Å². The van der Waals surface area contributed by atoms with Crippen molar-refractivity contribution in [2.24, 2.45) is 0 Å². The number of aromatic nitrogens is 7. The van der Waals surface area contributed by atoms with Crippen molar-refractivity contribution < 1.29 is 66.1 Å². The van der Waals surface area contributed by atoms with E-state index in [9.17, 15) is 28.8 Å². The molecule has 0 fully saturated rings. The zero-order chi connectivity index (χ0) is 77.2. The molecule has 0 spiro atoms. The maximum Gasteiger partial charge on any atom is 0.274 e. The Kier molecular flexibility index (Phi) is 37.8. The average molecular weight is 1620 g/mol. The minimum Gasteiger partial charge on any atom is -0.396 e. The molecule has 34 heteroatoms. The van der Waals surface area contributed by atoms with E-state index in [0.717, 1.165) is 79.8 Å². The molecule has 13 heterocycles. The van der Waals surface area contributed by atoms with Crippen LogP contribution >= 0.6 is 81.5 Å². The number of nitrogens with one attached hydrogen (secondary N) is 6. The Balaban J connectivity index is 0.000000184. The van der Waals surface area contributed by atoms with Crippen LogP contribution in [-0.4, -0.2) is 134 Å². The number of amides is 6. The van der Waals surface area contributed by atoms with Crippen LogP contribution in [-0.2, 0) is 0 Å². The van der Waals surface area contributed by atoms with Crippen molar-refractivity contribution in [3.05, 3.63) is 206 Å². The summed E-state index contributed by atoms with van der Waals surface area (Å²) in [7, 11) is 0. The lowest BCUT2D eigenvalue weighted by atomic mass is 10.1. The topological polar surface area (TPSA) is 384 Å². The molecule has 13 aromatic heterocycles. The number of hydrogen-bond acceptors (Lipinski definition) is 27. The molecule has 13 aromatic rings. The predicted molar refractivity (Wildman–Crippen MR) is 430 cm³/mol. The van der Waals surface area contributed by atoms with Gasteiger partial charge in [0.25, 0.3) is 35.4 Å². The Labute approximate surface area is 664 Å². The van der Waals surface area contributed by atoms with Crippen LogP contribution in [0.5, 0.6) is 0 Å². The van der Waals surface area contributed by atoms with E-state index >= 15 is 0 Å². The summed E-state index contributed by atoms with van der Waals surface area (Å²) in [6, 6.07) is 36.6. The predicted octanol–water partition coefficient (Wildman–Crippen LogP) is 14.5. The lowest BCUT2D eigenvalue weighted by Gasteiger charge is -2.11. The van der Waals surface area contributed by atoms with Crippen LogP contribution < -0.4 is 31.9 Å². The average Bonchev–Trinajstić information content (AvgIpc) is 1.75. The first-order chi connectivity index (χ1) is 53.3. The highest BCUT2D eigenvalue weighted by molar-refractivity contribution is 7.59. The minimum absolute atomic E-state index is 0. The maximum atomic E-state index is 12.0. The van der Waals surface area contributed by atoms with Gasteiger partial charge in [0.1, 0.15) is 0 Å². The van der Waals surface area contributed by atoms with Gasteiger partial charge in [0.15, 0.2) is 68.7 Å². The molecule has 574 valence electrons. The standard InChI is InChI=1S/C16H11N3O2S.C14H18N2O2S.C13H16N2O3S.C11H12N2O3S.C11H12N2O2S.C11H8N2O2S.H2S/c20-16(18-7-1-3-12-5-8-17-9-6-12)13-11-14(21-19-13)15-4-2-10-22-15;1-3-4-6-10(2)15-14(17)11-9-12(18-16-11)13-7-5-8-19-13;16-7-3-1-2-6-14-13(17)10-9-11(18-15-10)12-5-4-8-19-12;14-5-2-4-12-11(15)8-7-9(16-13-8)10-3-1-6-17-10;2*1-2-5-12-11(14)8-7-9(15-13-8)10-4-3-6-16-10;/h2,4-6,8-11H,7H2,(H,18,20);5,7-10H,3-4,6H2,1-2H3,(H,15,17);4-5,8-9,16H,1-3,6-7H2,(H,14,17);1,3,6-7,14H,2,4-5H2,(H,12,15);3-4,6-7H,2,5H2,1H3,(H,12,14);1,3-4,6-7H,5H2,(H,12,14);1H2/t;10-;;;;;/m.0...../s1. The Morgan fingerprint density at radius 1 is 0.418 bits per heavy atom. The molecule has 0 bridgehead atoms. The third-order valence-electron chi connectivity index (χ3n) is 14.3. The van der Waals surface area contributed by atoms with Gasteiger partial charge in [-0.3, -0.25) is 33.8 Å². The minimum atomic E-state index is -0.329. The van der Waals surface area contributed by atoms with Crippen LogP contribution in [0.1, 0.15) is 141 Å². The summed E-state index contributed by atoms with van der Waals surface area (Å²) in [5.74, 6) is 10.3. The van der Waals surface area contributed by atoms with Gasteiger partial charge >= 0.3 is 0 Å². The van der Waals surface area contributed by atoms with Gasteiger partial charge in [-0.2, -0.15) is 13.5 Å². The molecule has 27 nitrogen and oxygen atoms in total. The summed E-state index contributed by atoms with van der Waals surface area (Å²) in [6.45, 7) is 8.48. The van der Waals surface area contributed by atoms with Gasteiger partial charge in [-0.1, -0.05) is 112 Å². The summed E-state index contributed by atoms with van der Waals surface area (Å²) in [6.07, 6.45) is 15.5. The smallest absolute Gasteiger partial charge is 0.274 e. The van der Waals surface area contributed by atoms with Crippen LogP contribution in [0.3, 0.4) is 0 Å². The monoisotopic (exact) mass is 1620 g/mol.